The molecular weight excluding hydrogens is 262 g/mol. The summed E-state index contributed by atoms with van der Waals surface area (Å²) in [7, 11) is 0. The fourth-order valence-electron chi connectivity index (χ4n) is 1.88. The second-order valence-electron chi connectivity index (χ2n) is 4.12. The van der Waals surface area contributed by atoms with Crippen LogP contribution in [0.25, 0.3) is 0 Å². The quantitative estimate of drug-likeness (QED) is 0.759. The van der Waals surface area contributed by atoms with E-state index in [1.807, 2.05) is 37.2 Å². The van der Waals surface area contributed by atoms with E-state index in [4.69, 9.17) is 5.73 Å². The van der Waals surface area contributed by atoms with Crippen LogP contribution in [0.1, 0.15) is 33.5 Å². The minimum Gasteiger partial charge on any atom is -0.342 e. The van der Waals surface area contributed by atoms with E-state index in [9.17, 15) is 4.79 Å². The molecule has 1 aromatic heterocycles. The van der Waals surface area contributed by atoms with Gasteiger partial charge in [0, 0.05) is 19.6 Å². The number of nitrogens with zero attached hydrogens (tertiary/aromatic N) is 4. The van der Waals surface area contributed by atoms with E-state index in [-0.39, 0.29) is 11.2 Å². The van der Waals surface area contributed by atoms with Gasteiger partial charge in [-0.1, -0.05) is 11.8 Å². The number of hydrogen-bond acceptors (Lipinski definition) is 5. The molecule has 0 radical (unpaired) electrons. The molecule has 1 rings (SSSR count). The number of carbonyl (C=O) groups is 1. The minimum atomic E-state index is -0.167. The van der Waals surface area contributed by atoms with E-state index in [1.54, 1.807) is 0 Å². The highest BCUT2D eigenvalue weighted by molar-refractivity contribution is 8.00. The lowest BCUT2D eigenvalue weighted by atomic mass is 10.4. The minimum absolute atomic E-state index is 0.134. The summed E-state index contributed by atoms with van der Waals surface area (Å²) in [5.74, 6) is 0.891. The molecule has 0 aliphatic heterocycles. The molecule has 0 saturated carbocycles. The summed E-state index contributed by atoms with van der Waals surface area (Å²) < 4.78 is 1.96. The number of hydrogen-bond donors (Lipinski definition) is 1. The van der Waals surface area contributed by atoms with Crippen LogP contribution in [0.5, 0.6) is 0 Å². The van der Waals surface area contributed by atoms with Crippen molar-refractivity contribution in [1.29, 1.82) is 0 Å². The Morgan fingerprint density at radius 1 is 1.37 bits per heavy atom. The second kappa shape index (κ2) is 7.49. The Kier molecular flexibility index (Phi) is 6.30. The van der Waals surface area contributed by atoms with Crippen LogP contribution in [0.3, 0.4) is 0 Å². The summed E-state index contributed by atoms with van der Waals surface area (Å²) in [6, 6.07) is 0. The molecule has 1 unspecified atom stereocenters. The Hall–Kier alpha value is -1.08. The van der Waals surface area contributed by atoms with Crippen LogP contribution in [-0.2, 0) is 17.9 Å². The van der Waals surface area contributed by atoms with Crippen molar-refractivity contribution in [3.63, 3.8) is 0 Å². The van der Waals surface area contributed by atoms with E-state index < -0.39 is 0 Å². The normalized spacial score (nSPS) is 12.5. The predicted octanol–water partition coefficient (Wildman–Crippen LogP) is 1.11. The maximum atomic E-state index is 12.2. The van der Waals surface area contributed by atoms with Crippen LogP contribution in [0.4, 0.5) is 0 Å². The first-order valence-electron chi connectivity index (χ1n) is 6.66. The Balaban J connectivity index is 2.79. The predicted molar refractivity (Wildman–Crippen MR) is 76.8 cm³/mol. The first kappa shape index (κ1) is 16.0. The Morgan fingerprint density at radius 2 is 2.00 bits per heavy atom. The molecule has 0 spiro atoms. The molecule has 0 saturated heterocycles. The molecule has 1 heterocycles. The molecule has 2 N–H and O–H groups in total. The van der Waals surface area contributed by atoms with Gasteiger partial charge in [0.15, 0.2) is 5.16 Å². The van der Waals surface area contributed by atoms with Gasteiger partial charge in [0.2, 0.25) is 5.91 Å². The summed E-state index contributed by atoms with van der Waals surface area (Å²) in [6.45, 7) is 10.5. The van der Waals surface area contributed by atoms with Crippen molar-refractivity contribution in [3.05, 3.63) is 5.82 Å². The maximum absolute atomic E-state index is 12.2. The number of nitrogens with two attached hydrogens (primary N) is 1. The molecule has 1 amide bonds. The van der Waals surface area contributed by atoms with Gasteiger partial charge in [-0.05, 0) is 27.7 Å². The zero-order chi connectivity index (χ0) is 14.4. The molecule has 0 aliphatic rings. The summed E-state index contributed by atoms with van der Waals surface area (Å²) in [6.07, 6.45) is 0. The number of rotatable bonds is 7. The third-order valence-electron chi connectivity index (χ3n) is 3.00. The van der Waals surface area contributed by atoms with E-state index in [0.717, 1.165) is 30.6 Å². The molecule has 108 valence electrons. The molecule has 1 atom stereocenters. The van der Waals surface area contributed by atoms with Crippen molar-refractivity contribution in [2.24, 2.45) is 5.73 Å². The van der Waals surface area contributed by atoms with Crippen LogP contribution in [0, 0.1) is 0 Å². The Labute approximate surface area is 118 Å². The van der Waals surface area contributed by atoms with E-state index in [0.29, 0.717) is 6.54 Å². The van der Waals surface area contributed by atoms with Crippen LogP contribution < -0.4 is 5.73 Å². The summed E-state index contributed by atoms with van der Waals surface area (Å²) in [5, 5.41) is 8.76. The van der Waals surface area contributed by atoms with Crippen LogP contribution >= 0.6 is 11.8 Å². The molecule has 19 heavy (non-hydrogen) atoms. The largest absolute Gasteiger partial charge is 0.342 e. The van der Waals surface area contributed by atoms with E-state index in [1.165, 1.54) is 11.8 Å². The van der Waals surface area contributed by atoms with Crippen molar-refractivity contribution in [3.8, 4) is 0 Å². The maximum Gasteiger partial charge on any atom is 0.235 e. The summed E-state index contributed by atoms with van der Waals surface area (Å²) in [5.41, 5.74) is 5.61. The van der Waals surface area contributed by atoms with Crippen molar-refractivity contribution in [2.45, 2.75) is 51.2 Å². The van der Waals surface area contributed by atoms with Crippen LogP contribution in [0.15, 0.2) is 5.16 Å². The van der Waals surface area contributed by atoms with Gasteiger partial charge in [-0.3, -0.25) is 4.79 Å². The monoisotopic (exact) mass is 285 g/mol. The lowest BCUT2D eigenvalue weighted by molar-refractivity contribution is -0.129. The fraction of sp³-hybridized carbons (Fsp3) is 0.750. The van der Waals surface area contributed by atoms with Gasteiger partial charge < -0.3 is 15.2 Å². The highest BCUT2D eigenvalue weighted by atomic mass is 32.2. The summed E-state index contributed by atoms with van der Waals surface area (Å²) >= 11 is 1.44. The highest BCUT2D eigenvalue weighted by Crippen LogP contribution is 2.23. The number of carbonyl (C=O) groups excluding carboxylic acids is 1. The Bertz CT molecular complexity index is 416. The zero-order valence-electron chi connectivity index (χ0n) is 12.1. The fourth-order valence-corrected chi connectivity index (χ4v) is 2.89. The number of aromatic nitrogens is 3. The van der Waals surface area contributed by atoms with E-state index in [2.05, 4.69) is 10.2 Å². The number of thioether (sulfide) groups is 1. The van der Waals surface area contributed by atoms with Gasteiger partial charge in [-0.15, -0.1) is 10.2 Å². The average molecular weight is 285 g/mol. The van der Waals surface area contributed by atoms with Gasteiger partial charge >= 0.3 is 0 Å². The zero-order valence-corrected chi connectivity index (χ0v) is 12.9. The second-order valence-corrected chi connectivity index (χ2v) is 5.43. The first-order valence-corrected chi connectivity index (χ1v) is 7.54. The number of amides is 1. The topological polar surface area (TPSA) is 77.0 Å². The van der Waals surface area contributed by atoms with Crippen molar-refractivity contribution >= 4 is 17.7 Å². The molecule has 1 aromatic rings. The van der Waals surface area contributed by atoms with Crippen molar-refractivity contribution < 1.29 is 4.79 Å². The van der Waals surface area contributed by atoms with Gasteiger partial charge in [-0.25, -0.2) is 0 Å². The van der Waals surface area contributed by atoms with E-state index >= 15 is 0 Å². The smallest absolute Gasteiger partial charge is 0.235 e. The van der Waals surface area contributed by atoms with Gasteiger partial charge in [0.05, 0.1) is 11.8 Å². The third-order valence-corrected chi connectivity index (χ3v) is 4.07. The SMILES string of the molecule is CCN(CC)C(=O)C(C)Sc1nnc(CN)n1CC. The van der Waals surface area contributed by atoms with Crippen LogP contribution in [0.2, 0.25) is 0 Å². The highest BCUT2D eigenvalue weighted by Gasteiger charge is 2.22. The average Bonchev–Trinajstić information content (AvgIpc) is 2.81. The molecule has 6 nitrogen and oxygen atoms in total. The lowest BCUT2D eigenvalue weighted by Gasteiger charge is -2.22. The third kappa shape index (κ3) is 3.70. The molecular formula is C12H23N5OS. The summed E-state index contributed by atoms with van der Waals surface area (Å²) in [4.78, 5) is 14.0. The molecule has 7 heteroatoms. The Morgan fingerprint density at radius 3 is 2.47 bits per heavy atom. The van der Waals surface area contributed by atoms with Gasteiger partial charge in [0.25, 0.3) is 0 Å². The van der Waals surface area contributed by atoms with Crippen molar-refractivity contribution in [1.82, 2.24) is 19.7 Å². The first-order chi connectivity index (χ1) is 9.08. The standard InChI is InChI=1S/C12H23N5OS/c1-5-16(6-2)11(18)9(4)19-12-15-14-10(8-13)17(12)7-3/h9H,5-8,13H2,1-4H3. The molecule has 0 bridgehead atoms. The molecule has 0 aliphatic carbocycles. The lowest BCUT2D eigenvalue weighted by Crippen LogP contribution is -2.36. The molecule has 0 aromatic carbocycles. The van der Waals surface area contributed by atoms with Gasteiger partial charge in [-0.2, -0.15) is 0 Å². The molecule has 0 fully saturated rings. The van der Waals surface area contributed by atoms with Gasteiger partial charge in [0.1, 0.15) is 5.82 Å². The van der Waals surface area contributed by atoms with Crippen molar-refractivity contribution in [2.75, 3.05) is 13.1 Å². The van der Waals surface area contributed by atoms with Crippen LogP contribution in [-0.4, -0.2) is 43.9 Å².